The topological polar surface area (TPSA) is 146 Å². The van der Waals surface area contributed by atoms with Gasteiger partial charge < -0.3 is 25.0 Å². The van der Waals surface area contributed by atoms with Crippen molar-refractivity contribution in [2.45, 2.75) is 26.1 Å². The first-order valence-corrected chi connectivity index (χ1v) is 15.6. The molecule has 0 radical (unpaired) electrons. The van der Waals surface area contributed by atoms with Crippen molar-refractivity contribution >= 4 is 17.7 Å². The molecule has 2 aromatic heterocycles. The van der Waals surface area contributed by atoms with Crippen LogP contribution < -0.4 is 20.1 Å². The third-order valence-corrected chi connectivity index (χ3v) is 7.84. The maximum absolute atomic E-state index is 13.8. The summed E-state index contributed by atoms with van der Waals surface area (Å²) in [5.74, 6) is 0.738. The minimum Gasteiger partial charge on any atom is -0.493 e. The lowest BCUT2D eigenvalue weighted by Gasteiger charge is -2.23. The van der Waals surface area contributed by atoms with E-state index in [-0.39, 0.29) is 38.1 Å². The molecule has 13 heteroatoms. The molecule has 5 aromatic rings. The first kappa shape index (κ1) is 32.0. The summed E-state index contributed by atoms with van der Waals surface area (Å²) in [7, 11) is 1.53. The molecule has 1 atom stereocenters. The molecular formula is C35H36N8O5. The lowest BCUT2D eigenvalue weighted by atomic mass is 10.2. The minimum absolute atomic E-state index is 0.0735. The van der Waals surface area contributed by atoms with Crippen LogP contribution in [0.2, 0.25) is 0 Å². The van der Waals surface area contributed by atoms with Crippen LogP contribution in [0, 0.1) is 0 Å². The van der Waals surface area contributed by atoms with E-state index in [9.17, 15) is 14.4 Å². The van der Waals surface area contributed by atoms with E-state index in [0.29, 0.717) is 47.4 Å². The van der Waals surface area contributed by atoms with Crippen LogP contribution in [0.3, 0.4) is 0 Å². The maximum atomic E-state index is 13.8. The number of ether oxygens (including phenoxy) is 2. The minimum atomic E-state index is -0.554. The highest BCUT2D eigenvalue weighted by atomic mass is 16.5. The van der Waals surface area contributed by atoms with Crippen molar-refractivity contribution in [3.05, 3.63) is 114 Å². The highest BCUT2D eigenvalue weighted by molar-refractivity contribution is 5.97. The average Bonchev–Trinajstić information content (AvgIpc) is 3.75. The predicted octanol–water partition coefficient (Wildman–Crippen LogP) is 3.34. The second-order valence-corrected chi connectivity index (χ2v) is 11.3. The number of carbonyl (C=O) groups excluding carboxylic acids is 3. The highest BCUT2D eigenvalue weighted by Gasteiger charge is 2.24. The van der Waals surface area contributed by atoms with E-state index in [1.807, 2.05) is 67.6 Å². The lowest BCUT2D eigenvalue weighted by molar-refractivity contribution is -0.122. The SMILES string of the molecule is COc1ccc2cc1OCCn1nc(-c3ccccc3)nc1[C@@H](C)NC(=O)CN(C(=O)c1cnn(Cc3ccccc3)c1)CCNC2=O. The van der Waals surface area contributed by atoms with Gasteiger partial charge in [-0.2, -0.15) is 10.2 Å². The zero-order valence-electron chi connectivity index (χ0n) is 26.7. The summed E-state index contributed by atoms with van der Waals surface area (Å²) in [6.07, 6.45) is 3.14. The molecule has 2 N–H and O–H groups in total. The summed E-state index contributed by atoms with van der Waals surface area (Å²) in [4.78, 5) is 46.5. The monoisotopic (exact) mass is 648 g/mol. The first-order valence-electron chi connectivity index (χ1n) is 15.6. The molecular weight excluding hydrogens is 612 g/mol. The molecule has 0 unspecified atom stereocenters. The van der Waals surface area contributed by atoms with Crippen LogP contribution in [-0.2, 0) is 17.9 Å². The van der Waals surface area contributed by atoms with E-state index < -0.39 is 11.9 Å². The van der Waals surface area contributed by atoms with Crippen molar-refractivity contribution in [3.8, 4) is 22.9 Å². The number of hydrogen-bond acceptors (Lipinski definition) is 8. The van der Waals surface area contributed by atoms with E-state index >= 15 is 0 Å². The number of nitrogens with one attached hydrogen (secondary N) is 2. The Morgan fingerprint density at radius 2 is 1.77 bits per heavy atom. The lowest BCUT2D eigenvalue weighted by Crippen LogP contribution is -2.45. The molecule has 1 aliphatic rings. The average molecular weight is 649 g/mol. The Bertz CT molecular complexity index is 1890. The maximum Gasteiger partial charge on any atom is 0.257 e. The van der Waals surface area contributed by atoms with Crippen LogP contribution in [0.5, 0.6) is 11.5 Å². The normalized spacial score (nSPS) is 15.8. The van der Waals surface area contributed by atoms with Gasteiger partial charge in [-0.15, -0.1) is 0 Å². The number of aromatic nitrogens is 5. The standard InChI is InChI=1S/C35H36N8O5/c1-24-33-39-32(26-11-7-4-8-12-26)40-43(33)17-18-48-30-19-27(13-14-29(30)47-2)34(45)36-15-16-41(23-31(44)38-24)35(46)28-20-37-42(22-28)21-25-9-5-3-6-10-25/h3-14,19-20,22,24H,15-18,21,23H2,1-2H3,(H,36,45)(H,38,44)/t24-/m1/s1. The predicted molar refractivity (Wildman–Crippen MR) is 177 cm³/mol. The summed E-state index contributed by atoms with van der Waals surface area (Å²) in [5, 5.41) is 14.9. The molecule has 0 spiro atoms. The van der Waals surface area contributed by atoms with E-state index in [1.165, 1.54) is 18.2 Å². The number of hydrogen-bond donors (Lipinski definition) is 2. The number of methoxy groups -OCH3 is 1. The molecule has 0 saturated heterocycles. The molecule has 0 fully saturated rings. The van der Waals surface area contributed by atoms with Crippen molar-refractivity contribution < 1.29 is 23.9 Å². The van der Waals surface area contributed by atoms with Gasteiger partial charge in [-0.3, -0.25) is 19.1 Å². The summed E-state index contributed by atoms with van der Waals surface area (Å²) >= 11 is 0. The fourth-order valence-corrected chi connectivity index (χ4v) is 5.42. The third-order valence-electron chi connectivity index (χ3n) is 7.84. The van der Waals surface area contributed by atoms with Gasteiger partial charge in [0.1, 0.15) is 12.4 Å². The van der Waals surface area contributed by atoms with E-state index in [2.05, 4.69) is 15.7 Å². The molecule has 0 aliphatic carbocycles. The number of amides is 3. The van der Waals surface area contributed by atoms with Crippen molar-refractivity contribution in [2.24, 2.45) is 0 Å². The Morgan fingerprint density at radius 1 is 1.00 bits per heavy atom. The number of carbonyl (C=O) groups is 3. The third kappa shape index (κ3) is 7.52. The summed E-state index contributed by atoms with van der Waals surface area (Å²) < 4.78 is 14.9. The van der Waals surface area contributed by atoms with Gasteiger partial charge in [-0.1, -0.05) is 60.7 Å². The van der Waals surface area contributed by atoms with E-state index in [1.54, 1.807) is 33.8 Å². The van der Waals surface area contributed by atoms with E-state index in [0.717, 1.165) is 11.1 Å². The summed E-state index contributed by atoms with van der Waals surface area (Å²) in [5.41, 5.74) is 2.54. The number of fused-ring (bicyclic) bond motifs is 3. The molecule has 3 aromatic carbocycles. The Morgan fingerprint density at radius 3 is 2.54 bits per heavy atom. The van der Waals surface area contributed by atoms with Crippen LogP contribution in [0.15, 0.2) is 91.3 Å². The zero-order chi connectivity index (χ0) is 33.5. The van der Waals surface area contributed by atoms with Crippen LogP contribution in [0.4, 0.5) is 0 Å². The smallest absolute Gasteiger partial charge is 0.257 e. The molecule has 3 heterocycles. The van der Waals surface area contributed by atoms with Gasteiger partial charge in [0.15, 0.2) is 17.3 Å². The number of nitrogens with zero attached hydrogens (tertiary/aromatic N) is 6. The second kappa shape index (κ2) is 14.6. The molecule has 13 nitrogen and oxygen atoms in total. The fourth-order valence-electron chi connectivity index (χ4n) is 5.42. The van der Waals surface area contributed by atoms with Gasteiger partial charge in [0.2, 0.25) is 5.91 Å². The number of benzene rings is 3. The van der Waals surface area contributed by atoms with Crippen LogP contribution >= 0.6 is 0 Å². The van der Waals surface area contributed by atoms with Gasteiger partial charge in [0.25, 0.3) is 11.8 Å². The van der Waals surface area contributed by atoms with Gasteiger partial charge in [-0.05, 0) is 30.7 Å². The Labute approximate surface area is 277 Å². The molecule has 1 aliphatic heterocycles. The van der Waals surface area contributed by atoms with Gasteiger partial charge in [0.05, 0.1) is 44.5 Å². The van der Waals surface area contributed by atoms with Gasteiger partial charge in [-0.25, -0.2) is 9.67 Å². The van der Waals surface area contributed by atoms with Crippen molar-refractivity contribution in [3.63, 3.8) is 0 Å². The molecule has 2 bridgehead atoms. The van der Waals surface area contributed by atoms with Crippen LogP contribution in [0.1, 0.15) is 45.1 Å². The van der Waals surface area contributed by atoms with Gasteiger partial charge >= 0.3 is 0 Å². The quantitative estimate of drug-likeness (QED) is 0.295. The summed E-state index contributed by atoms with van der Waals surface area (Å²) in [6.45, 7) is 2.71. The van der Waals surface area contributed by atoms with Crippen LogP contribution in [0.25, 0.3) is 11.4 Å². The number of rotatable bonds is 5. The molecule has 6 rings (SSSR count). The van der Waals surface area contributed by atoms with E-state index in [4.69, 9.17) is 19.6 Å². The van der Waals surface area contributed by atoms with Crippen molar-refractivity contribution in [2.75, 3.05) is 33.4 Å². The van der Waals surface area contributed by atoms with Crippen molar-refractivity contribution in [1.29, 1.82) is 0 Å². The molecule has 246 valence electrons. The largest absolute Gasteiger partial charge is 0.493 e. The highest BCUT2D eigenvalue weighted by Crippen LogP contribution is 2.28. The molecule has 0 saturated carbocycles. The van der Waals surface area contributed by atoms with Crippen molar-refractivity contribution in [1.82, 2.24) is 40.1 Å². The Balaban J connectivity index is 1.28. The molecule has 48 heavy (non-hydrogen) atoms. The second-order valence-electron chi connectivity index (χ2n) is 11.3. The zero-order valence-corrected chi connectivity index (χ0v) is 26.7. The Hall–Kier alpha value is -5.98. The molecule has 3 amide bonds. The Kier molecular flexibility index (Phi) is 9.75. The van der Waals surface area contributed by atoms with Crippen LogP contribution in [-0.4, -0.2) is 80.5 Å². The van der Waals surface area contributed by atoms with Gasteiger partial charge in [0, 0.05) is 30.4 Å². The first-order chi connectivity index (χ1) is 23.4. The summed E-state index contributed by atoms with van der Waals surface area (Å²) in [6, 6.07) is 23.7. The fraction of sp³-hybridized carbons (Fsp3) is 0.257.